The van der Waals surface area contributed by atoms with Crippen LogP contribution in [0.5, 0.6) is 0 Å². The molecule has 0 fully saturated rings. The number of aromatic nitrogens is 2. The summed E-state index contributed by atoms with van der Waals surface area (Å²) in [5, 5.41) is 7.09. The monoisotopic (exact) mass is 258 g/mol. The summed E-state index contributed by atoms with van der Waals surface area (Å²) in [6.07, 6.45) is 0.714. The van der Waals surface area contributed by atoms with Crippen molar-refractivity contribution in [3.63, 3.8) is 0 Å². The van der Waals surface area contributed by atoms with Crippen molar-refractivity contribution in [2.45, 2.75) is 19.9 Å². The van der Waals surface area contributed by atoms with Crippen LogP contribution in [0.15, 0.2) is 30.3 Å². The summed E-state index contributed by atoms with van der Waals surface area (Å²) in [5.41, 5.74) is 8.64. The number of nitrogen functional groups attached to an aromatic ring is 1. The number of benzene rings is 1. The zero-order valence-corrected chi connectivity index (χ0v) is 11.2. The molecular weight excluding hydrogens is 240 g/mol. The second-order valence-corrected chi connectivity index (χ2v) is 4.35. The minimum atomic E-state index is -0.198. The highest BCUT2D eigenvalue weighted by Gasteiger charge is 2.18. The quantitative estimate of drug-likeness (QED) is 0.872. The summed E-state index contributed by atoms with van der Waals surface area (Å²) in [7, 11) is 1.73. The van der Waals surface area contributed by atoms with Crippen molar-refractivity contribution >= 4 is 11.6 Å². The molecule has 100 valence electrons. The summed E-state index contributed by atoms with van der Waals surface area (Å²) in [6.45, 7) is 2.44. The first-order valence-electron chi connectivity index (χ1n) is 6.27. The Kier molecular flexibility index (Phi) is 3.85. The molecule has 0 aliphatic rings. The number of nitrogens with two attached hydrogens (primary N) is 1. The van der Waals surface area contributed by atoms with Gasteiger partial charge >= 0.3 is 0 Å². The average molecular weight is 258 g/mol. The van der Waals surface area contributed by atoms with Gasteiger partial charge in [-0.05, 0) is 12.0 Å². The predicted molar refractivity (Wildman–Crippen MR) is 74.6 cm³/mol. The van der Waals surface area contributed by atoms with E-state index in [0.717, 1.165) is 11.3 Å². The Morgan fingerprint density at radius 2 is 2.05 bits per heavy atom. The molecule has 0 spiro atoms. The number of nitrogens with zero attached hydrogens (tertiary/aromatic N) is 2. The van der Waals surface area contributed by atoms with Crippen molar-refractivity contribution in [2.75, 3.05) is 5.73 Å². The fraction of sp³-hybridized carbons (Fsp3) is 0.286. The van der Waals surface area contributed by atoms with E-state index in [1.54, 1.807) is 7.05 Å². The minimum Gasteiger partial charge on any atom is -0.395 e. The lowest BCUT2D eigenvalue weighted by atomic mass is 10.2. The molecular formula is C14H18N4O. The second kappa shape index (κ2) is 5.56. The normalized spacial score (nSPS) is 10.4. The van der Waals surface area contributed by atoms with E-state index in [1.165, 1.54) is 4.68 Å². The highest BCUT2D eigenvalue weighted by atomic mass is 16.2. The topological polar surface area (TPSA) is 72.9 Å². The van der Waals surface area contributed by atoms with Gasteiger partial charge in [-0.15, -0.1) is 0 Å². The zero-order chi connectivity index (χ0) is 13.8. The van der Waals surface area contributed by atoms with Crippen molar-refractivity contribution in [3.05, 3.63) is 47.3 Å². The Labute approximate surface area is 112 Å². The summed E-state index contributed by atoms with van der Waals surface area (Å²) >= 11 is 0. The molecule has 0 radical (unpaired) electrons. The van der Waals surface area contributed by atoms with E-state index in [2.05, 4.69) is 10.4 Å². The lowest BCUT2D eigenvalue weighted by Gasteiger charge is -2.06. The number of aryl methyl sites for hydroxylation is 2. The van der Waals surface area contributed by atoms with Crippen molar-refractivity contribution < 1.29 is 4.79 Å². The molecule has 3 N–H and O–H groups in total. The maximum absolute atomic E-state index is 12.1. The molecule has 0 aliphatic heterocycles. The zero-order valence-electron chi connectivity index (χ0n) is 11.2. The van der Waals surface area contributed by atoms with Crippen LogP contribution < -0.4 is 11.1 Å². The molecule has 2 rings (SSSR count). The van der Waals surface area contributed by atoms with Gasteiger partial charge in [-0.25, -0.2) is 0 Å². The van der Waals surface area contributed by atoms with E-state index >= 15 is 0 Å². The molecule has 0 bridgehead atoms. The lowest BCUT2D eigenvalue weighted by Crippen LogP contribution is -2.26. The van der Waals surface area contributed by atoms with Gasteiger partial charge in [0.25, 0.3) is 5.91 Å². The van der Waals surface area contributed by atoms with Gasteiger partial charge in [-0.3, -0.25) is 9.48 Å². The highest BCUT2D eigenvalue weighted by Crippen LogP contribution is 2.16. The number of anilines is 1. The fourth-order valence-electron chi connectivity index (χ4n) is 1.99. The van der Waals surface area contributed by atoms with Crippen molar-refractivity contribution in [3.8, 4) is 0 Å². The smallest absolute Gasteiger partial charge is 0.271 e. The molecule has 0 atom stereocenters. The number of carbonyl (C=O) groups excluding carboxylic acids is 1. The summed E-state index contributed by atoms with van der Waals surface area (Å²) in [6, 6.07) is 9.75. The SMILES string of the molecule is CCc1nn(C)c(C(=O)NCc2ccccc2)c1N. The molecule has 1 aromatic carbocycles. The van der Waals surface area contributed by atoms with E-state index < -0.39 is 0 Å². The fourth-order valence-corrected chi connectivity index (χ4v) is 1.99. The molecule has 1 aromatic heterocycles. The molecule has 0 aliphatic carbocycles. The third-order valence-corrected chi connectivity index (χ3v) is 3.01. The van der Waals surface area contributed by atoms with E-state index in [1.807, 2.05) is 37.3 Å². The largest absolute Gasteiger partial charge is 0.395 e. The Morgan fingerprint density at radius 1 is 1.37 bits per heavy atom. The summed E-state index contributed by atoms with van der Waals surface area (Å²) < 4.78 is 1.54. The maximum Gasteiger partial charge on any atom is 0.271 e. The van der Waals surface area contributed by atoms with Gasteiger partial charge < -0.3 is 11.1 Å². The number of hydrogen-bond acceptors (Lipinski definition) is 3. The number of rotatable bonds is 4. The lowest BCUT2D eigenvalue weighted by molar-refractivity contribution is 0.0942. The van der Waals surface area contributed by atoms with Crippen LogP contribution in [0.4, 0.5) is 5.69 Å². The second-order valence-electron chi connectivity index (χ2n) is 4.35. The number of carbonyl (C=O) groups is 1. The average Bonchev–Trinajstić information content (AvgIpc) is 2.72. The standard InChI is InChI=1S/C14H18N4O/c1-3-11-12(15)13(18(2)17-11)14(19)16-9-10-7-5-4-6-8-10/h4-8H,3,9,15H2,1-2H3,(H,16,19). The van der Waals surface area contributed by atoms with Crippen LogP contribution in [0.2, 0.25) is 0 Å². The van der Waals surface area contributed by atoms with Crippen molar-refractivity contribution in [2.24, 2.45) is 7.05 Å². The molecule has 0 saturated heterocycles. The first-order valence-corrected chi connectivity index (χ1v) is 6.27. The first kappa shape index (κ1) is 13.1. The van der Waals surface area contributed by atoms with Gasteiger partial charge in [0.1, 0.15) is 5.69 Å². The third kappa shape index (κ3) is 2.76. The van der Waals surface area contributed by atoms with Gasteiger partial charge in [-0.1, -0.05) is 37.3 Å². The van der Waals surface area contributed by atoms with Crippen LogP contribution in [0.25, 0.3) is 0 Å². The third-order valence-electron chi connectivity index (χ3n) is 3.01. The minimum absolute atomic E-state index is 0.198. The molecule has 1 heterocycles. The van der Waals surface area contributed by atoms with Crippen LogP contribution in [0, 0.1) is 0 Å². The van der Waals surface area contributed by atoms with E-state index in [0.29, 0.717) is 24.3 Å². The van der Waals surface area contributed by atoms with Crippen molar-refractivity contribution in [1.29, 1.82) is 0 Å². The highest BCUT2D eigenvalue weighted by molar-refractivity contribution is 5.97. The predicted octanol–water partition coefficient (Wildman–Crippen LogP) is 1.49. The van der Waals surface area contributed by atoms with Gasteiger partial charge in [0.2, 0.25) is 0 Å². The summed E-state index contributed by atoms with van der Waals surface area (Å²) in [4.78, 5) is 12.1. The van der Waals surface area contributed by atoms with Crippen LogP contribution in [0.1, 0.15) is 28.7 Å². The Hall–Kier alpha value is -2.30. The molecule has 0 saturated carbocycles. The number of nitrogens with one attached hydrogen (secondary N) is 1. The molecule has 5 heteroatoms. The molecule has 1 amide bonds. The van der Waals surface area contributed by atoms with Crippen LogP contribution in [0.3, 0.4) is 0 Å². The summed E-state index contributed by atoms with van der Waals surface area (Å²) in [5.74, 6) is -0.198. The Bertz CT molecular complexity index is 575. The molecule has 19 heavy (non-hydrogen) atoms. The first-order chi connectivity index (χ1) is 9.13. The Balaban J connectivity index is 2.10. The van der Waals surface area contributed by atoms with Gasteiger partial charge in [0.15, 0.2) is 0 Å². The van der Waals surface area contributed by atoms with Crippen molar-refractivity contribution in [1.82, 2.24) is 15.1 Å². The van der Waals surface area contributed by atoms with E-state index in [9.17, 15) is 4.79 Å². The van der Waals surface area contributed by atoms with Crippen LogP contribution >= 0.6 is 0 Å². The number of hydrogen-bond donors (Lipinski definition) is 2. The van der Waals surface area contributed by atoms with E-state index in [4.69, 9.17) is 5.73 Å². The van der Waals surface area contributed by atoms with Crippen LogP contribution in [-0.4, -0.2) is 15.7 Å². The van der Waals surface area contributed by atoms with Gasteiger partial charge in [0, 0.05) is 13.6 Å². The van der Waals surface area contributed by atoms with Crippen LogP contribution in [-0.2, 0) is 20.0 Å². The molecule has 2 aromatic rings. The van der Waals surface area contributed by atoms with Gasteiger partial charge in [0.05, 0.1) is 11.4 Å². The van der Waals surface area contributed by atoms with E-state index in [-0.39, 0.29) is 5.91 Å². The maximum atomic E-state index is 12.1. The number of amides is 1. The molecule has 5 nitrogen and oxygen atoms in total. The van der Waals surface area contributed by atoms with Gasteiger partial charge in [-0.2, -0.15) is 5.10 Å². The Morgan fingerprint density at radius 3 is 2.63 bits per heavy atom. The molecule has 0 unspecified atom stereocenters.